The third-order valence-corrected chi connectivity index (χ3v) is 22.9. The van der Waals surface area contributed by atoms with Gasteiger partial charge in [-0.25, -0.2) is 14.4 Å². The van der Waals surface area contributed by atoms with Gasteiger partial charge in [-0.15, -0.1) is 0 Å². The third kappa shape index (κ3) is 26.8. The fourth-order valence-corrected chi connectivity index (χ4v) is 15.7. The number of ketones is 2. The average Bonchev–Trinajstić information content (AvgIpc) is 1.59. The summed E-state index contributed by atoms with van der Waals surface area (Å²) in [5.74, 6) is -5.39. The van der Waals surface area contributed by atoms with Crippen molar-refractivity contribution < 1.29 is 106 Å². The Labute approximate surface area is 640 Å². The van der Waals surface area contributed by atoms with Crippen LogP contribution in [-0.2, 0) is 82.8 Å². The van der Waals surface area contributed by atoms with Crippen LogP contribution in [0.4, 0.5) is 16.2 Å². The van der Waals surface area contributed by atoms with Crippen molar-refractivity contribution in [1.29, 1.82) is 0 Å². The summed E-state index contributed by atoms with van der Waals surface area (Å²) < 4.78 is 111. The van der Waals surface area contributed by atoms with E-state index in [1.54, 1.807) is 30.3 Å². The molecule has 0 saturated carbocycles. The van der Waals surface area contributed by atoms with Gasteiger partial charge in [0.1, 0.15) is 54.8 Å². The fourth-order valence-electron chi connectivity index (χ4n) is 14.1. The number of carbonyl (C=O) groups is 7. The highest BCUT2D eigenvalue weighted by molar-refractivity contribution is 7.86. The van der Waals surface area contributed by atoms with Crippen molar-refractivity contribution in [3.63, 3.8) is 0 Å². The second-order valence-electron chi connectivity index (χ2n) is 30.8. The number of unbranched alkanes of at least 4 members (excludes halogenated alkanes) is 2. The first-order chi connectivity index (χ1) is 51.0. The van der Waals surface area contributed by atoms with Gasteiger partial charge in [-0.05, 0) is 142 Å². The molecule has 7 rings (SSSR count). The first-order valence-corrected chi connectivity index (χ1v) is 41.6. The van der Waals surface area contributed by atoms with Crippen molar-refractivity contribution in [2.24, 2.45) is 5.92 Å². The Morgan fingerprint density at radius 3 is 1.89 bits per heavy atom. The lowest BCUT2D eigenvalue weighted by molar-refractivity contribution is -0.945. The number of Topliss-reactive ketones (excluding diaryl/α,β-unsaturated/α-hetero) is 2. The van der Waals surface area contributed by atoms with Crippen LogP contribution in [0.1, 0.15) is 146 Å². The Bertz CT molecular complexity index is 4490. The third-order valence-electron chi connectivity index (χ3n) is 20.5. The van der Waals surface area contributed by atoms with Gasteiger partial charge in [-0.1, -0.05) is 80.6 Å². The van der Waals surface area contributed by atoms with Crippen molar-refractivity contribution in [1.82, 2.24) is 16.0 Å². The SMILES string of the molecule is CC1(C)C(/C=C/C2=C(Oc3ccc(C[C@H](NC(=O)[C@@H](CC(=O)CC[N+](C)(C)CC[N+](C)(C)CCCC(=O)CC[C@H](NC(=O)NCCCC(=O)O)C(=O)O)Cc4ccccc4)C(=O)O)cc3)C(=C/C=C3/N(CCCCS(=O)(=O)O)c4ccc(S(=O)(=O)O)cc4C3(C)C)/CCC2)=[N+](CCCCS(=O)(=O)O)c2ccccc21. The first-order valence-electron chi connectivity index (χ1n) is 36.9. The monoisotopic (exact) mass is 1570 g/mol. The number of quaternary nitrogens is 2. The lowest BCUT2D eigenvalue weighted by Gasteiger charge is -2.35. The van der Waals surface area contributed by atoms with Gasteiger partial charge in [-0.2, -0.15) is 29.8 Å². The fraction of sp³-hybridized carbons (Fsp3) is 0.494. The number of fused-ring (bicyclic) bond motifs is 2. The van der Waals surface area contributed by atoms with Gasteiger partial charge in [0.2, 0.25) is 11.6 Å². The van der Waals surface area contributed by atoms with Crippen LogP contribution in [0.3, 0.4) is 0 Å². The van der Waals surface area contributed by atoms with Gasteiger partial charge in [-0.3, -0.25) is 32.8 Å². The quantitative estimate of drug-likeness (QED) is 0.00860. The highest BCUT2D eigenvalue weighted by atomic mass is 32.2. The number of carboxylic acid groups (broad SMARTS) is 3. The normalized spacial score (nSPS) is 16.7. The minimum atomic E-state index is -4.61. The van der Waals surface area contributed by atoms with E-state index in [1.807, 2.05) is 120 Å². The van der Waals surface area contributed by atoms with Crippen LogP contribution in [0.25, 0.3) is 0 Å². The largest absolute Gasteiger partial charge is 0.481 e. The van der Waals surface area contributed by atoms with Gasteiger partial charge < -0.3 is 49.9 Å². The van der Waals surface area contributed by atoms with E-state index in [0.29, 0.717) is 109 Å². The summed E-state index contributed by atoms with van der Waals surface area (Å²) in [6.07, 6.45) is 11.5. The number of carboxylic acids is 3. The molecule has 3 amide bonds. The van der Waals surface area contributed by atoms with Crippen LogP contribution in [0.2, 0.25) is 0 Å². The van der Waals surface area contributed by atoms with Crippen molar-refractivity contribution in [2.45, 2.75) is 165 Å². The number of amides is 3. The molecule has 4 aromatic carbocycles. The number of anilines is 1. The number of hydrogen-bond acceptors (Lipinski definition) is 15. The molecule has 3 aliphatic rings. The van der Waals surface area contributed by atoms with Gasteiger partial charge >= 0.3 is 23.9 Å². The van der Waals surface area contributed by atoms with Gasteiger partial charge in [0.15, 0.2) is 5.71 Å². The van der Waals surface area contributed by atoms with E-state index in [-0.39, 0.29) is 106 Å². The minimum Gasteiger partial charge on any atom is -0.481 e. The number of aliphatic carboxylic acids is 3. The van der Waals surface area contributed by atoms with Crippen LogP contribution in [0, 0.1) is 5.92 Å². The Hall–Kier alpha value is -8.75. The molecule has 1 aliphatic carbocycles. The number of nitrogens with zero attached hydrogens (tertiary/aromatic N) is 4. The zero-order valence-electron chi connectivity index (χ0n) is 63.6. The summed E-state index contributed by atoms with van der Waals surface area (Å²) in [5.41, 5.74) is 6.46. The average molecular weight is 1570 g/mol. The van der Waals surface area contributed by atoms with Crippen LogP contribution < -0.4 is 25.6 Å². The number of hydrogen-bond donors (Lipinski definition) is 9. The molecule has 27 nitrogen and oxygen atoms in total. The van der Waals surface area contributed by atoms with E-state index >= 15 is 0 Å². The van der Waals surface area contributed by atoms with Crippen molar-refractivity contribution >= 4 is 88.9 Å². The zero-order chi connectivity index (χ0) is 80.3. The standard InChI is InChI=1S/C79H105N7O20S3/c1-78(2)64-26-12-13-27-68(64)83(43-14-16-49-107(97,98)99)70(78)39-31-57-23-18-24-58(32-40-71-79(3,4)65-54-63(109(103,104)105)36-38-69(65)84(71)44-15-17-50-108(100,101)102)73(57)106-62-34-29-56(30-35-62)52-67(76(94)95)81-74(91)59(51-55-21-10-9-11-22-55)53-61(88)41-46-86(7,8)48-47-85(5,6)45-20-25-60(87)33-37-66(75(92)93)82-77(96)80-42-19-28-72(89)90/h9-13,21-22,26-27,29-32,34-36,38-40,54,59,66-67H,14-20,23-25,28,33,37,41-53H2,1-8H3,(H6-3,80,81,82,89,90,91,92,93,94,95,96,97,98,99,100,101,102,103,104,105)/p+3/t59-,66+,67+/m1/s1. The van der Waals surface area contributed by atoms with E-state index in [4.69, 9.17) is 9.84 Å². The first kappa shape index (κ1) is 87.5. The van der Waals surface area contributed by atoms with Gasteiger partial charge in [0, 0.05) is 98.5 Å². The lowest BCUT2D eigenvalue weighted by Crippen LogP contribution is -2.51. The molecule has 0 aromatic heterocycles. The van der Waals surface area contributed by atoms with E-state index in [9.17, 15) is 82.7 Å². The molecule has 594 valence electrons. The predicted molar refractivity (Wildman–Crippen MR) is 414 cm³/mol. The number of nitrogens with one attached hydrogen (secondary N) is 3. The van der Waals surface area contributed by atoms with Crippen molar-refractivity contribution in [3.8, 4) is 5.75 Å². The predicted octanol–water partition coefficient (Wildman–Crippen LogP) is 9.55. The highest BCUT2D eigenvalue weighted by Crippen LogP contribution is 2.49. The molecule has 0 bridgehead atoms. The van der Waals surface area contributed by atoms with Crippen LogP contribution in [0.5, 0.6) is 5.75 Å². The molecule has 9 N–H and O–H groups in total. The number of likely N-dealkylation sites (N-methyl/N-ethyl adjacent to an activating group) is 2. The van der Waals surface area contributed by atoms with Gasteiger partial charge in [0.05, 0.1) is 69.5 Å². The molecule has 0 spiro atoms. The van der Waals surface area contributed by atoms with E-state index < -0.39 is 94.8 Å². The molecule has 4 aromatic rings. The maximum absolute atomic E-state index is 14.4. The molecule has 3 atom stereocenters. The number of rotatable bonds is 44. The van der Waals surface area contributed by atoms with Crippen LogP contribution in [-0.4, -0.2) is 212 Å². The second kappa shape index (κ2) is 38.3. The molecular formula is C79H108N7O20S3+3. The molecule has 30 heteroatoms. The number of para-hydroxylation sites is 1. The molecule has 0 saturated heterocycles. The number of benzene rings is 4. The summed E-state index contributed by atoms with van der Waals surface area (Å²) in [7, 11) is -4.98. The molecule has 0 radical (unpaired) electrons. The topological polar surface area (TPSA) is 395 Å². The summed E-state index contributed by atoms with van der Waals surface area (Å²) in [6.45, 7) is 11.2. The lowest BCUT2D eigenvalue weighted by atomic mass is 9.81. The number of urea groups is 1. The second-order valence-corrected chi connectivity index (χ2v) is 35.4. The summed E-state index contributed by atoms with van der Waals surface area (Å²) >= 11 is 0. The number of carbonyl (C=O) groups excluding carboxylic acids is 4. The number of allylic oxidation sites excluding steroid dienone is 7. The molecular weight excluding hydrogens is 1460 g/mol. The molecule has 2 aliphatic heterocycles. The van der Waals surface area contributed by atoms with E-state index in [1.165, 1.54) is 12.1 Å². The maximum Gasteiger partial charge on any atom is 0.326 e. The van der Waals surface area contributed by atoms with Crippen LogP contribution >= 0.6 is 0 Å². The minimum absolute atomic E-state index is 0.0420. The summed E-state index contributed by atoms with van der Waals surface area (Å²) in [6, 6.07) is 24.8. The molecule has 0 fully saturated rings. The van der Waals surface area contributed by atoms with E-state index in [0.717, 1.165) is 39.4 Å². The van der Waals surface area contributed by atoms with E-state index in [2.05, 4.69) is 40.4 Å². The van der Waals surface area contributed by atoms with Crippen molar-refractivity contribution in [3.05, 3.63) is 166 Å². The van der Waals surface area contributed by atoms with Crippen LogP contribution in [0.15, 0.2) is 149 Å². The Kier molecular flexibility index (Phi) is 30.7. The number of ether oxygens (including phenoxy) is 1. The highest BCUT2D eigenvalue weighted by Gasteiger charge is 2.45. The Balaban J connectivity index is 1.08. The Morgan fingerprint density at radius 2 is 1.25 bits per heavy atom. The summed E-state index contributed by atoms with van der Waals surface area (Å²) in [5, 5.41) is 36.6. The Morgan fingerprint density at radius 1 is 0.615 bits per heavy atom. The maximum atomic E-state index is 14.4. The molecule has 0 unspecified atom stereocenters. The molecule has 2 heterocycles. The van der Waals surface area contributed by atoms with Gasteiger partial charge in [0.25, 0.3) is 30.4 Å². The summed E-state index contributed by atoms with van der Waals surface area (Å²) in [4.78, 5) is 90.9. The zero-order valence-corrected chi connectivity index (χ0v) is 66.0. The molecule has 109 heavy (non-hydrogen) atoms. The smallest absolute Gasteiger partial charge is 0.326 e. The van der Waals surface area contributed by atoms with Crippen molar-refractivity contribution in [2.75, 3.05) is 90.4 Å².